The number of ether oxygens (including phenoxy) is 2. The van der Waals surface area contributed by atoms with Gasteiger partial charge in [0.25, 0.3) is 5.91 Å². The minimum Gasteiger partial charge on any atom is -0.493 e. The molecule has 0 atom stereocenters. The Kier molecular flexibility index (Phi) is 4.45. The van der Waals surface area contributed by atoms with Crippen LogP contribution in [0.4, 0.5) is 0 Å². The van der Waals surface area contributed by atoms with Gasteiger partial charge >= 0.3 is 0 Å². The number of aryl methyl sites for hydroxylation is 3. The van der Waals surface area contributed by atoms with Gasteiger partial charge in [0, 0.05) is 24.5 Å². The second-order valence-electron chi connectivity index (χ2n) is 7.19. The molecule has 146 valence electrons. The van der Waals surface area contributed by atoms with E-state index in [0.29, 0.717) is 35.7 Å². The van der Waals surface area contributed by atoms with Gasteiger partial charge in [0.15, 0.2) is 17.1 Å². The number of fused-ring (bicyclic) bond motifs is 2. The molecule has 3 aromatic rings. The first kappa shape index (κ1) is 18.3. The van der Waals surface area contributed by atoms with Crippen LogP contribution < -0.4 is 9.47 Å². The number of carbonyl (C=O) groups is 1. The van der Waals surface area contributed by atoms with E-state index < -0.39 is 0 Å². The topological polar surface area (TPSA) is 69.0 Å². The van der Waals surface area contributed by atoms with Crippen LogP contribution in [0.2, 0.25) is 0 Å². The molecule has 0 saturated carbocycles. The largest absolute Gasteiger partial charge is 0.493 e. The van der Waals surface area contributed by atoms with Gasteiger partial charge in [-0.2, -0.15) is 5.10 Å². The molecule has 1 aromatic carbocycles. The van der Waals surface area contributed by atoms with Gasteiger partial charge in [0.2, 0.25) is 0 Å². The smallest absolute Gasteiger partial charge is 0.259 e. The second kappa shape index (κ2) is 6.82. The number of amides is 1. The Bertz CT molecular complexity index is 1090. The van der Waals surface area contributed by atoms with Crippen LogP contribution in [0.15, 0.2) is 18.2 Å². The van der Waals surface area contributed by atoms with Crippen LogP contribution in [-0.4, -0.2) is 46.2 Å². The predicted octanol–water partition coefficient (Wildman–Crippen LogP) is 2.87. The Morgan fingerprint density at radius 3 is 2.39 bits per heavy atom. The van der Waals surface area contributed by atoms with E-state index in [1.54, 1.807) is 18.7 Å². The van der Waals surface area contributed by atoms with Gasteiger partial charge < -0.3 is 14.4 Å². The quantitative estimate of drug-likeness (QED) is 0.699. The molecule has 28 heavy (non-hydrogen) atoms. The molecule has 0 bridgehead atoms. The van der Waals surface area contributed by atoms with Crippen molar-refractivity contribution in [3.63, 3.8) is 0 Å². The SMILES string of the molecule is COc1cc2c(cc1OC)CN(C(=O)c1c(C)nn3c(C)cc(C)nc13)CC2. The fourth-order valence-corrected chi connectivity index (χ4v) is 3.89. The van der Waals surface area contributed by atoms with E-state index in [2.05, 4.69) is 10.1 Å². The lowest BCUT2D eigenvalue weighted by Crippen LogP contribution is -2.36. The molecular weight excluding hydrogens is 356 g/mol. The van der Waals surface area contributed by atoms with Gasteiger partial charge in [-0.3, -0.25) is 4.79 Å². The Hall–Kier alpha value is -3.09. The highest BCUT2D eigenvalue weighted by atomic mass is 16.5. The summed E-state index contributed by atoms with van der Waals surface area (Å²) in [6.45, 7) is 6.93. The zero-order valence-corrected chi connectivity index (χ0v) is 16.9. The Labute approximate surface area is 163 Å². The summed E-state index contributed by atoms with van der Waals surface area (Å²) in [7, 11) is 3.25. The molecule has 0 saturated heterocycles. The normalized spacial score (nSPS) is 13.5. The summed E-state index contributed by atoms with van der Waals surface area (Å²) in [6, 6.07) is 5.93. The van der Waals surface area contributed by atoms with Crippen molar-refractivity contribution in [2.24, 2.45) is 0 Å². The molecular formula is C21H24N4O3. The van der Waals surface area contributed by atoms with Gasteiger partial charge in [-0.25, -0.2) is 9.50 Å². The summed E-state index contributed by atoms with van der Waals surface area (Å²) < 4.78 is 12.6. The summed E-state index contributed by atoms with van der Waals surface area (Å²) >= 11 is 0. The molecule has 2 aromatic heterocycles. The fraction of sp³-hybridized carbons (Fsp3) is 0.381. The van der Waals surface area contributed by atoms with Crippen LogP contribution >= 0.6 is 0 Å². The highest BCUT2D eigenvalue weighted by Crippen LogP contribution is 2.33. The maximum Gasteiger partial charge on any atom is 0.259 e. The highest BCUT2D eigenvalue weighted by molar-refractivity contribution is 6.01. The molecule has 0 aliphatic carbocycles. The number of nitrogens with zero attached hydrogens (tertiary/aromatic N) is 4. The number of hydrogen-bond donors (Lipinski definition) is 0. The maximum absolute atomic E-state index is 13.4. The van der Waals surface area contributed by atoms with Gasteiger partial charge in [-0.05, 0) is 56.5 Å². The molecule has 0 radical (unpaired) electrons. The molecule has 1 amide bonds. The van der Waals surface area contributed by atoms with Gasteiger partial charge in [0.05, 0.1) is 19.9 Å². The maximum atomic E-state index is 13.4. The fourth-order valence-electron chi connectivity index (χ4n) is 3.89. The van der Waals surface area contributed by atoms with E-state index in [4.69, 9.17) is 9.47 Å². The summed E-state index contributed by atoms with van der Waals surface area (Å²) in [6.07, 6.45) is 0.769. The molecule has 0 unspecified atom stereocenters. The van der Waals surface area contributed by atoms with Gasteiger partial charge in [-0.1, -0.05) is 0 Å². The van der Waals surface area contributed by atoms with Crippen LogP contribution in [0, 0.1) is 20.8 Å². The van der Waals surface area contributed by atoms with Crippen molar-refractivity contribution < 1.29 is 14.3 Å². The third kappa shape index (κ3) is 2.87. The molecule has 0 fully saturated rings. The second-order valence-corrected chi connectivity index (χ2v) is 7.19. The number of benzene rings is 1. The van der Waals surface area contributed by atoms with Crippen LogP contribution in [0.5, 0.6) is 11.5 Å². The minimum absolute atomic E-state index is 0.0366. The number of rotatable bonds is 3. The first-order valence-electron chi connectivity index (χ1n) is 9.29. The lowest BCUT2D eigenvalue weighted by molar-refractivity contribution is 0.0735. The lowest BCUT2D eigenvalue weighted by Gasteiger charge is -2.29. The molecule has 7 nitrogen and oxygen atoms in total. The predicted molar refractivity (Wildman–Crippen MR) is 105 cm³/mol. The van der Waals surface area contributed by atoms with Gasteiger partial charge in [0.1, 0.15) is 5.56 Å². The summed E-state index contributed by atoms with van der Waals surface area (Å²) in [5, 5.41) is 4.53. The molecule has 1 aliphatic heterocycles. The molecule has 7 heteroatoms. The van der Waals surface area contributed by atoms with E-state index in [1.165, 1.54) is 5.56 Å². The van der Waals surface area contributed by atoms with Crippen molar-refractivity contribution in [1.82, 2.24) is 19.5 Å². The zero-order chi connectivity index (χ0) is 20.0. The standard InChI is InChI=1S/C21H24N4O3/c1-12-8-13(2)25-20(22-12)19(14(3)23-25)21(26)24-7-6-15-9-17(27-4)18(28-5)10-16(15)11-24/h8-10H,6-7,11H2,1-5H3. The van der Waals surface area contributed by atoms with E-state index in [1.807, 2.05) is 43.9 Å². The first-order chi connectivity index (χ1) is 13.4. The number of methoxy groups -OCH3 is 2. The summed E-state index contributed by atoms with van der Waals surface area (Å²) in [4.78, 5) is 19.8. The van der Waals surface area contributed by atoms with Crippen molar-refractivity contribution in [1.29, 1.82) is 0 Å². The third-order valence-corrected chi connectivity index (χ3v) is 5.29. The Morgan fingerprint density at radius 1 is 1.04 bits per heavy atom. The van der Waals surface area contributed by atoms with Crippen LogP contribution in [0.1, 0.15) is 38.6 Å². The van der Waals surface area contributed by atoms with E-state index in [9.17, 15) is 4.79 Å². The van der Waals surface area contributed by atoms with Crippen molar-refractivity contribution in [2.45, 2.75) is 33.7 Å². The van der Waals surface area contributed by atoms with Crippen molar-refractivity contribution in [3.8, 4) is 11.5 Å². The number of aromatic nitrogens is 3. The zero-order valence-electron chi connectivity index (χ0n) is 16.9. The van der Waals surface area contributed by atoms with Crippen LogP contribution in [-0.2, 0) is 13.0 Å². The Balaban J connectivity index is 1.71. The summed E-state index contributed by atoms with van der Waals surface area (Å²) in [5.74, 6) is 1.36. The lowest BCUT2D eigenvalue weighted by atomic mass is 9.98. The monoisotopic (exact) mass is 380 g/mol. The molecule has 0 N–H and O–H groups in total. The minimum atomic E-state index is -0.0366. The van der Waals surface area contributed by atoms with Crippen LogP contribution in [0.25, 0.3) is 5.65 Å². The highest BCUT2D eigenvalue weighted by Gasteiger charge is 2.28. The average molecular weight is 380 g/mol. The van der Waals surface area contributed by atoms with E-state index in [0.717, 1.165) is 29.1 Å². The Morgan fingerprint density at radius 2 is 1.71 bits per heavy atom. The van der Waals surface area contributed by atoms with E-state index >= 15 is 0 Å². The first-order valence-corrected chi connectivity index (χ1v) is 9.29. The molecule has 0 spiro atoms. The van der Waals surface area contributed by atoms with Crippen molar-refractivity contribution in [2.75, 3.05) is 20.8 Å². The molecule has 4 rings (SSSR count). The van der Waals surface area contributed by atoms with Crippen LogP contribution in [0.3, 0.4) is 0 Å². The average Bonchev–Trinajstić information content (AvgIpc) is 3.01. The number of carbonyl (C=O) groups excluding carboxylic acids is 1. The van der Waals surface area contributed by atoms with Gasteiger partial charge in [-0.15, -0.1) is 0 Å². The number of hydrogen-bond acceptors (Lipinski definition) is 5. The van der Waals surface area contributed by atoms with E-state index in [-0.39, 0.29) is 5.91 Å². The van der Waals surface area contributed by atoms with Crippen molar-refractivity contribution in [3.05, 3.63) is 52.0 Å². The van der Waals surface area contributed by atoms with Crippen molar-refractivity contribution >= 4 is 11.6 Å². The summed E-state index contributed by atoms with van der Waals surface area (Å²) in [5.41, 5.74) is 6.00. The third-order valence-electron chi connectivity index (χ3n) is 5.29. The molecule has 3 heterocycles. The molecule has 1 aliphatic rings.